The van der Waals surface area contributed by atoms with Crippen molar-refractivity contribution in [1.29, 1.82) is 0 Å². The summed E-state index contributed by atoms with van der Waals surface area (Å²) in [4.78, 5) is 16.5. The average Bonchev–Trinajstić information content (AvgIpc) is 2.35. The Balaban J connectivity index is 2.20. The summed E-state index contributed by atoms with van der Waals surface area (Å²) in [7, 11) is 0. The summed E-state index contributed by atoms with van der Waals surface area (Å²) in [5, 5.41) is 1.94. The number of hydrogen-bond acceptors (Lipinski definition) is 3. The number of ketones is 1. The summed E-state index contributed by atoms with van der Waals surface area (Å²) in [5.41, 5.74) is 6.99. The topological polar surface area (TPSA) is 56.0 Å². The van der Waals surface area contributed by atoms with Gasteiger partial charge in [0.25, 0.3) is 0 Å². The third-order valence-corrected chi connectivity index (χ3v) is 3.30. The molecule has 0 radical (unpaired) electrons. The van der Waals surface area contributed by atoms with Gasteiger partial charge in [0.15, 0.2) is 5.78 Å². The molecule has 1 unspecified atom stereocenters. The van der Waals surface area contributed by atoms with E-state index in [4.69, 9.17) is 5.73 Å². The second kappa shape index (κ2) is 5.71. The number of aromatic nitrogens is 1. The van der Waals surface area contributed by atoms with Crippen molar-refractivity contribution >= 4 is 16.6 Å². The van der Waals surface area contributed by atoms with Crippen LogP contribution in [0.25, 0.3) is 10.8 Å². The quantitative estimate of drug-likeness (QED) is 0.864. The van der Waals surface area contributed by atoms with Crippen molar-refractivity contribution in [3.05, 3.63) is 42.2 Å². The van der Waals surface area contributed by atoms with E-state index in [9.17, 15) is 4.79 Å². The number of pyridine rings is 1. The Morgan fingerprint density at radius 2 is 2.05 bits per heavy atom. The van der Waals surface area contributed by atoms with Gasteiger partial charge in [0, 0.05) is 35.8 Å². The number of nitrogens with zero attached hydrogens (tertiary/aromatic N) is 1. The van der Waals surface area contributed by atoms with Gasteiger partial charge >= 0.3 is 0 Å². The maximum Gasteiger partial charge on any atom is 0.165 e. The number of Topliss-reactive ketones (excluding diaryl/α,β-unsaturated/α-hetero) is 1. The van der Waals surface area contributed by atoms with Crippen LogP contribution in [-0.2, 0) is 0 Å². The fourth-order valence-electron chi connectivity index (χ4n) is 2.57. The average molecular weight is 270 g/mol. The van der Waals surface area contributed by atoms with Gasteiger partial charge in [-0.05, 0) is 23.3 Å². The van der Waals surface area contributed by atoms with E-state index < -0.39 is 0 Å². The molecule has 0 aliphatic carbocycles. The van der Waals surface area contributed by atoms with Crippen LogP contribution in [0.15, 0.2) is 36.7 Å². The summed E-state index contributed by atoms with van der Waals surface area (Å²) >= 11 is 0. The molecule has 0 amide bonds. The highest BCUT2D eigenvalue weighted by Crippen LogP contribution is 2.23. The van der Waals surface area contributed by atoms with E-state index in [1.54, 1.807) is 12.4 Å². The van der Waals surface area contributed by atoms with Gasteiger partial charge in [-0.2, -0.15) is 0 Å². The minimum atomic E-state index is -0.0976. The van der Waals surface area contributed by atoms with Crippen LogP contribution in [0.5, 0.6) is 0 Å². The van der Waals surface area contributed by atoms with Crippen LogP contribution in [0.3, 0.4) is 0 Å². The Hall–Kier alpha value is -1.74. The van der Waals surface area contributed by atoms with Gasteiger partial charge in [0.05, 0.1) is 0 Å². The zero-order valence-electron chi connectivity index (χ0n) is 12.4. The summed E-state index contributed by atoms with van der Waals surface area (Å²) in [6, 6.07) is 7.52. The van der Waals surface area contributed by atoms with Gasteiger partial charge in [-0.3, -0.25) is 9.78 Å². The predicted molar refractivity (Wildman–Crippen MR) is 82.7 cm³/mol. The van der Waals surface area contributed by atoms with E-state index in [1.165, 1.54) is 0 Å². The fourth-order valence-corrected chi connectivity index (χ4v) is 2.57. The Labute approximate surface area is 120 Å². The molecule has 3 nitrogen and oxygen atoms in total. The number of fused-ring (bicyclic) bond motifs is 1. The van der Waals surface area contributed by atoms with Crippen molar-refractivity contribution in [2.45, 2.75) is 39.7 Å². The van der Waals surface area contributed by atoms with Gasteiger partial charge in [-0.15, -0.1) is 0 Å². The van der Waals surface area contributed by atoms with Crippen LogP contribution in [0.2, 0.25) is 0 Å². The molecule has 0 saturated heterocycles. The van der Waals surface area contributed by atoms with Crippen molar-refractivity contribution < 1.29 is 4.79 Å². The van der Waals surface area contributed by atoms with Crippen LogP contribution in [0, 0.1) is 5.41 Å². The van der Waals surface area contributed by atoms with E-state index in [2.05, 4.69) is 25.8 Å². The zero-order chi connectivity index (χ0) is 14.8. The highest BCUT2D eigenvalue weighted by molar-refractivity contribution is 6.08. The number of hydrogen-bond donors (Lipinski definition) is 1. The van der Waals surface area contributed by atoms with E-state index >= 15 is 0 Å². The largest absolute Gasteiger partial charge is 0.327 e. The zero-order valence-corrected chi connectivity index (χ0v) is 12.4. The number of carbonyl (C=O) groups is 1. The van der Waals surface area contributed by atoms with Crippen molar-refractivity contribution in [3.63, 3.8) is 0 Å². The smallest absolute Gasteiger partial charge is 0.165 e. The molecule has 0 bridgehead atoms. The monoisotopic (exact) mass is 270 g/mol. The highest BCUT2D eigenvalue weighted by Gasteiger charge is 2.19. The number of nitrogens with two attached hydrogens (primary N) is 1. The molecule has 2 aromatic rings. The number of carbonyl (C=O) groups excluding carboxylic acids is 1. The van der Waals surface area contributed by atoms with Crippen LogP contribution < -0.4 is 5.73 Å². The first-order chi connectivity index (χ1) is 9.37. The Morgan fingerprint density at radius 1 is 1.30 bits per heavy atom. The highest BCUT2D eigenvalue weighted by atomic mass is 16.1. The van der Waals surface area contributed by atoms with Crippen molar-refractivity contribution in [3.8, 4) is 0 Å². The van der Waals surface area contributed by atoms with Gasteiger partial charge in [0.1, 0.15) is 0 Å². The summed E-state index contributed by atoms with van der Waals surface area (Å²) in [5.74, 6) is 0.110. The molecule has 0 aliphatic rings. The van der Waals surface area contributed by atoms with E-state index in [1.807, 2.05) is 24.3 Å². The molecule has 0 aliphatic heterocycles. The molecule has 1 aromatic heterocycles. The SMILES string of the molecule is CC(C)(C)CC(N)CC(=O)c1cccc2cnccc12. The molecule has 0 fully saturated rings. The lowest BCUT2D eigenvalue weighted by Gasteiger charge is -2.22. The molecule has 2 N–H and O–H groups in total. The van der Waals surface area contributed by atoms with E-state index in [0.29, 0.717) is 6.42 Å². The molecule has 1 aromatic carbocycles. The first-order valence-electron chi connectivity index (χ1n) is 6.98. The molecule has 106 valence electrons. The lowest BCUT2D eigenvalue weighted by Crippen LogP contribution is -2.29. The molecule has 0 saturated carbocycles. The standard InChI is InChI=1S/C17H22N2O/c1-17(2,3)10-13(18)9-16(20)15-6-4-5-12-11-19-8-7-14(12)15/h4-8,11,13H,9-10,18H2,1-3H3. The molecular formula is C17H22N2O. The third kappa shape index (κ3) is 3.64. The van der Waals surface area contributed by atoms with Gasteiger partial charge in [-0.25, -0.2) is 0 Å². The molecule has 1 atom stereocenters. The second-order valence-electron chi connectivity index (χ2n) is 6.55. The minimum Gasteiger partial charge on any atom is -0.327 e. The maximum atomic E-state index is 12.5. The van der Waals surface area contributed by atoms with Crippen molar-refractivity contribution in [2.24, 2.45) is 11.1 Å². The predicted octanol–water partition coefficient (Wildman–Crippen LogP) is 3.57. The minimum absolute atomic E-state index is 0.0976. The Bertz CT molecular complexity index is 608. The molecule has 2 rings (SSSR count). The molecule has 20 heavy (non-hydrogen) atoms. The fraction of sp³-hybridized carbons (Fsp3) is 0.412. The van der Waals surface area contributed by atoms with Crippen LogP contribution in [0.1, 0.15) is 44.0 Å². The normalized spacial score (nSPS) is 13.4. The molecule has 0 spiro atoms. The maximum absolute atomic E-state index is 12.5. The second-order valence-corrected chi connectivity index (χ2v) is 6.55. The number of rotatable bonds is 4. The van der Waals surface area contributed by atoms with Gasteiger partial charge in [0.2, 0.25) is 0 Å². The first-order valence-corrected chi connectivity index (χ1v) is 6.98. The molecule has 3 heteroatoms. The summed E-state index contributed by atoms with van der Waals surface area (Å²) in [6.07, 6.45) is 4.72. The molecular weight excluding hydrogens is 248 g/mol. The Kier molecular flexibility index (Phi) is 4.19. The van der Waals surface area contributed by atoms with Crippen LogP contribution in [0.4, 0.5) is 0 Å². The number of benzene rings is 1. The summed E-state index contributed by atoms with van der Waals surface area (Å²) < 4.78 is 0. The van der Waals surface area contributed by atoms with Crippen molar-refractivity contribution in [1.82, 2.24) is 4.98 Å². The van der Waals surface area contributed by atoms with Crippen LogP contribution in [-0.4, -0.2) is 16.8 Å². The van der Waals surface area contributed by atoms with Crippen LogP contribution >= 0.6 is 0 Å². The lowest BCUT2D eigenvalue weighted by molar-refractivity contribution is 0.0970. The van der Waals surface area contributed by atoms with E-state index in [0.717, 1.165) is 22.8 Å². The Morgan fingerprint density at radius 3 is 2.75 bits per heavy atom. The molecule has 1 heterocycles. The van der Waals surface area contributed by atoms with Gasteiger partial charge in [-0.1, -0.05) is 39.0 Å². The first kappa shape index (κ1) is 14.7. The van der Waals surface area contributed by atoms with Gasteiger partial charge < -0.3 is 5.73 Å². The lowest BCUT2D eigenvalue weighted by atomic mass is 9.86. The van der Waals surface area contributed by atoms with E-state index in [-0.39, 0.29) is 17.2 Å². The van der Waals surface area contributed by atoms with Crippen molar-refractivity contribution in [2.75, 3.05) is 0 Å². The summed E-state index contributed by atoms with van der Waals surface area (Å²) in [6.45, 7) is 6.42. The third-order valence-electron chi connectivity index (χ3n) is 3.30.